The van der Waals surface area contributed by atoms with E-state index in [1.54, 1.807) is 0 Å². The van der Waals surface area contributed by atoms with Gasteiger partial charge in [0.15, 0.2) is 5.83 Å². The third-order valence-corrected chi connectivity index (χ3v) is 1.62. The van der Waals surface area contributed by atoms with Crippen molar-refractivity contribution in [1.29, 1.82) is 0 Å². The van der Waals surface area contributed by atoms with Crippen molar-refractivity contribution in [1.82, 2.24) is 0 Å². The molecule has 0 aromatic heterocycles. The van der Waals surface area contributed by atoms with Crippen molar-refractivity contribution in [3.63, 3.8) is 0 Å². The number of rotatable bonds is 0. The Morgan fingerprint density at radius 1 is 1.33 bits per heavy atom. The lowest BCUT2D eigenvalue weighted by Crippen LogP contribution is -2.41. The molecular weight excluding hydrogens is 183 g/mol. The zero-order valence-electron chi connectivity index (χ0n) is 6.01. The quantitative estimate of drug-likeness (QED) is 0.531. The maximum atomic E-state index is 12.2. The van der Waals surface area contributed by atoms with E-state index in [4.69, 9.17) is 0 Å². The number of alkyl halides is 3. The van der Waals surface area contributed by atoms with Crippen LogP contribution in [-0.4, -0.2) is 11.8 Å². The number of hydrogen-bond donors (Lipinski definition) is 0. The van der Waals surface area contributed by atoms with Gasteiger partial charge >= 0.3 is 12.2 Å². The summed E-state index contributed by atoms with van der Waals surface area (Å²) in [7, 11) is 0. The lowest BCUT2D eigenvalue weighted by atomic mass is 10.0. The Morgan fingerprint density at radius 2 is 1.83 bits per heavy atom. The molecule has 0 aliphatic carbocycles. The molecule has 0 saturated heterocycles. The predicted molar refractivity (Wildman–Crippen MR) is 29.4 cm³/mol. The summed E-state index contributed by atoms with van der Waals surface area (Å²) in [4.78, 5) is 0. The van der Waals surface area contributed by atoms with Gasteiger partial charge in [-0.3, -0.25) is 0 Å². The van der Waals surface area contributed by atoms with Crippen molar-refractivity contribution in [2.75, 3.05) is 0 Å². The second-order valence-electron chi connectivity index (χ2n) is 2.69. The van der Waals surface area contributed by atoms with Crippen molar-refractivity contribution in [3.8, 4) is 0 Å². The summed E-state index contributed by atoms with van der Waals surface area (Å²) in [6.45, 7) is 0.596. The van der Waals surface area contributed by atoms with Crippen LogP contribution in [0.5, 0.6) is 0 Å². The maximum absolute atomic E-state index is 12.2. The summed E-state index contributed by atoms with van der Waals surface area (Å²) in [5.74, 6) is -1.49. The first kappa shape index (κ1) is 9.28. The van der Waals surface area contributed by atoms with Crippen LogP contribution in [0.2, 0.25) is 0 Å². The fourth-order valence-electron chi connectivity index (χ4n) is 0.813. The molecule has 0 aromatic rings. The zero-order valence-corrected chi connectivity index (χ0v) is 6.01. The van der Waals surface area contributed by atoms with Crippen molar-refractivity contribution >= 4 is 0 Å². The highest BCUT2D eigenvalue weighted by Crippen LogP contribution is 2.45. The fourth-order valence-corrected chi connectivity index (χ4v) is 0.813. The van der Waals surface area contributed by atoms with Gasteiger partial charge in [0.05, 0.1) is 6.42 Å². The van der Waals surface area contributed by atoms with Gasteiger partial charge in [-0.2, -0.15) is 17.6 Å². The molecule has 0 bridgehead atoms. The Morgan fingerprint density at radius 3 is 2.00 bits per heavy atom. The molecule has 70 valence electrons. The normalized spacial score (nSPS) is 30.8. The van der Waals surface area contributed by atoms with Gasteiger partial charge in [-0.15, -0.1) is 0 Å². The van der Waals surface area contributed by atoms with E-state index >= 15 is 0 Å². The van der Waals surface area contributed by atoms with Gasteiger partial charge in [0.2, 0.25) is 5.60 Å². The largest absolute Gasteiger partial charge is 0.452 e. The van der Waals surface area contributed by atoms with Crippen LogP contribution in [0.1, 0.15) is 13.3 Å². The highest BCUT2D eigenvalue weighted by molar-refractivity contribution is 5.09. The van der Waals surface area contributed by atoms with E-state index in [-0.39, 0.29) is 0 Å². The molecule has 6 heteroatoms. The third kappa shape index (κ3) is 1.25. The van der Waals surface area contributed by atoms with Crippen LogP contribution in [-0.2, 0) is 4.74 Å². The molecule has 1 nitrogen and oxygen atoms in total. The monoisotopic (exact) mass is 188 g/mol. The maximum Gasteiger partial charge on any atom is 0.428 e. The first-order chi connectivity index (χ1) is 5.26. The minimum absolute atomic E-state index is 0.596. The standard InChI is InChI=1S/C6H5F5O/c1-5(6(9,10)11)2-3(7)4(8)12-5/h2H2,1H3. The number of ether oxygens (including phenoxy) is 1. The minimum atomic E-state index is -4.77. The van der Waals surface area contributed by atoms with Crippen LogP contribution >= 0.6 is 0 Å². The van der Waals surface area contributed by atoms with E-state index in [0.29, 0.717) is 6.92 Å². The molecule has 0 fully saturated rings. The Bertz CT molecular complexity index is 215. The fraction of sp³-hybridized carbons (Fsp3) is 0.667. The summed E-state index contributed by atoms with van der Waals surface area (Å²) >= 11 is 0. The van der Waals surface area contributed by atoms with Gasteiger partial charge < -0.3 is 4.74 Å². The molecule has 0 aromatic carbocycles. The number of halogens is 5. The average Bonchev–Trinajstić information content (AvgIpc) is 2.06. The van der Waals surface area contributed by atoms with Gasteiger partial charge in [0, 0.05) is 0 Å². The van der Waals surface area contributed by atoms with Gasteiger partial charge in [-0.1, -0.05) is 0 Å². The smallest absolute Gasteiger partial charge is 0.428 e. The molecule has 12 heavy (non-hydrogen) atoms. The lowest BCUT2D eigenvalue weighted by molar-refractivity contribution is -0.255. The molecule has 0 saturated carbocycles. The SMILES string of the molecule is CC1(C(F)(F)F)CC(F)=C(F)O1. The predicted octanol–water partition coefficient (Wildman–Crippen LogP) is 2.84. The molecule has 1 atom stereocenters. The van der Waals surface area contributed by atoms with E-state index in [2.05, 4.69) is 4.74 Å². The zero-order chi connectivity index (χ0) is 9.57. The van der Waals surface area contributed by atoms with Gasteiger partial charge in [-0.25, -0.2) is 4.39 Å². The molecule has 1 unspecified atom stereocenters. The molecule has 1 rings (SSSR count). The summed E-state index contributed by atoms with van der Waals surface area (Å²) in [5.41, 5.74) is -2.75. The lowest BCUT2D eigenvalue weighted by Gasteiger charge is -2.25. The second kappa shape index (κ2) is 2.34. The summed E-state index contributed by atoms with van der Waals surface area (Å²) < 4.78 is 64.1. The summed E-state index contributed by atoms with van der Waals surface area (Å²) in [6.07, 6.45) is -5.86. The van der Waals surface area contributed by atoms with E-state index in [0.717, 1.165) is 0 Å². The minimum Gasteiger partial charge on any atom is -0.452 e. The van der Waals surface area contributed by atoms with Crippen molar-refractivity contribution in [2.24, 2.45) is 0 Å². The third-order valence-electron chi connectivity index (χ3n) is 1.62. The first-order valence-electron chi connectivity index (χ1n) is 3.06. The molecule has 0 N–H and O–H groups in total. The van der Waals surface area contributed by atoms with Crippen molar-refractivity contribution in [2.45, 2.75) is 25.1 Å². The van der Waals surface area contributed by atoms with Crippen molar-refractivity contribution < 1.29 is 26.7 Å². The summed E-state index contributed by atoms with van der Waals surface area (Å²) in [6, 6.07) is -1.77. The topological polar surface area (TPSA) is 9.23 Å². The van der Waals surface area contributed by atoms with E-state index in [1.165, 1.54) is 0 Å². The van der Waals surface area contributed by atoms with Crippen LogP contribution in [0, 0.1) is 0 Å². The van der Waals surface area contributed by atoms with Crippen LogP contribution in [0.25, 0.3) is 0 Å². The summed E-state index contributed by atoms with van der Waals surface area (Å²) in [5, 5.41) is 0. The Hall–Kier alpha value is -0.810. The Kier molecular flexibility index (Phi) is 1.81. The number of hydrogen-bond acceptors (Lipinski definition) is 1. The first-order valence-corrected chi connectivity index (χ1v) is 3.06. The molecule has 0 spiro atoms. The molecule has 0 radical (unpaired) electrons. The van der Waals surface area contributed by atoms with Crippen LogP contribution in [0.15, 0.2) is 11.8 Å². The van der Waals surface area contributed by atoms with E-state index in [1.807, 2.05) is 0 Å². The van der Waals surface area contributed by atoms with Crippen molar-refractivity contribution in [3.05, 3.63) is 11.8 Å². The van der Waals surface area contributed by atoms with Crippen LogP contribution < -0.4 is 0 Å². The highest BCUT2D eigenvalue weighted by atomic mass is 19.4. The average molecular weight is 188 g/mol. The van der Waals surface area contributed by atoms with E-state index in [9.17, 15) is 22.0 Å². The van der Waals surface area contributed by atoms with Gasteiger partial charge in [0.25, 0.3) is 0 Å². The Balaban J connectivity index is 2.84. The van der Waals surface area contributed by atoms with Gasteiger partial charge in [0.1, 0.15) is 0 Å². The second-order valence-corrected chi connectivity index (χ2v) is 2.69. The van der Waals surface area contributed by atoms with Crippen LogP contribution in [0.4, 0.5) is 22.0 Å². The highest BCUT2D eigenvalue weighted by Gasteiger charge is 2.58. The molecule has 1 heterocycles. The Labute approximate surface area is 64.8 Å². The molecule has 1 aliphatic heterocycles. The van der Waals surface area contributed by atoms with E-state index < -0.39 is 30.0 Å². The molecule has 0 amide bonds. The van der Waals surface area contributed by atoms with Crippen LogP contribution in [0.3, 0.4) is 0 Å². The molecular formula is C6H5F5O. The molecule has 1 aliphatic rings. The van der Waals surface area contributed by atoms with Gasteiger partial charge in [-0.05, 0) is 6.92 Å².